The summed E-state index contributed by atoms with van der Waals surface area (Å²) in [5.41, 5.74) is 12.1. The van der Waals surface area contributed by atoms with Crippen LogP contribution in [0.5, 0.6) is 0 Å². The van der Waals surface area contributed by atoms with Gasteiger partial charge in [0.1, 0.15) is 0 Å². The van der Waals surface area contributed by atoms with Gasteiger partial charge in [-0.15, -0.1) is 5.10 Å². The first-order valence-electron chi connectivity index (χ1n) is 9.62. The van der Waals surface area contributed by atoms with Gasteiger partial charge in [-0.1, -0.05) is 29.8 Å². The smallest absolute Gasteiger partial charge is 0.240 e. The van der Waals surface area contributed by atoms with Crippen molar-refractivity contribution in [3.05, 3.63) is 78.5 Å². The first-order valence-corrected chi connectivity index (χ1v) is 9.62. The Kier molecular flexibility index (Phi) is 4.24. The predicted octanol–water partition coefficient (Wildman–Crippen LogP) is 3.55. The van der Waals surface area contributed by atoms with Crippen LogP contribution >= 0.6 is 0 Å². The Hall–Kier alpha value is -4.07. The average Bonchev–Trinajstić information content (AvgIpc) is 3.39. The molecule has 0 saturated heterocycles. The van der Waals surface area contributed by atoms with Crippen LogP contribution in [0, 0.1) is 6.92 Å². The molecule has 1 unspecified atom stereocenters. The second-order valence-corrected chi connectivity index (χ2v) is 7.27. The van der Waals surface area contributed by atoms with Gasteiger partial charge in [-0.05, 0) is 31.5 Å². The van der Waals surface area contributed by atoms with Crippen LogP contribution in [0.4, 0.5) is 5.95 Å². The second-order valence-electron chi connectivity index (χ2n) is 7.27. The van der Waals surface area contributed by atoms with Crippen LogP contribution < -0.4 is 5.73 Å². The molecule has 0 aliphatic heterocycles. The number of fused-ring (bicyclic) bond motifs is 1. The van der Waals surface area contributed by atoms with Crippen LogP contribution in [0.3, 0.4) is 0 Å². The number of nitrogens with zero attached hydrogens (tertiary/aromatic N) is 7. The normalized spacial score (nSPS) is 12.3. The van der Waals surface area contributed by atoms with E-state index in [-0.39, 0.29) is 12.0 Å². The van der Waals surface area contributed by atoms with E-state index in [0.29, 0.717) is 5.65 Å². The number of rotatable bonds is 4. The molecule has 0 fully saturated rings. The molecule has 8 nitrogen and oxygen atoms in total. The summed E-state index contributed by atoms with van der Waals surface area (Å²) in [5.74, 6) is 0.238. The van der Waals surface area contributed by atoms with Gasteiger partial charge in [-0.25, -0.2) is 9.50 Å². The van der Waals surface area contributed by atoms with Crippen molar-refractivity contribution in [1.82, 2.24) is 34.3 Å². The van der Waals surface area contributed by atoms with Crippen LogP contribution in [0.15, 0.2) is 67.4 Å². The summed E-state index contributed by atoms with van der Waals surface area (Å²) < 4.78 is 3.58. The Morgan fingerprint density at radius 3 is 2.50 bits per heavy atom. The van der Waals surface area contributed by atoms with Gasteiger partial charge in [0.15, 0.2) is 5.65 Å². The summed E-state index contributed by atoms with van der Waals surface area (Å²) in [5, 5.41) is 8.65. The molecule has 0 spiro atoms. The number of hydrogen-bond acceptors (Lipinski definition) is 6. The first kappa shape index (κ1) is 18.0. The quantitative estimate of drug-likeness (QED) is 0.499. The molecule has 0 amide bonds. The van der Waals surface area contributed by atoms with E-state index in [1.165, 1.54) is 11.1 Å². The fourth-order valence-electron chi connectivity index (χ4n) is 3.38. The SMILES string of the molecule is Cc1ccc(C(C)n2cc(-c3cncc(-c4ccn5nc(N)nc5c4)n3)cn2)cc1. The number of aryl methyl sites for hydroxylation is 1. The Labute approximate surface area is 173 Å². The minimum absolute atomic E-state index is 0.122. The summed E-state index contributed by atoms with van der Waals surface area (Å²) in [6, 6.07) is 12.4. The molecule has 30 heavy (non-hydrogen) atoms. The molecular weight excluding hydrogens is 376 g/mol. The lowest BCUT2D eigenvalue weighted by Crippen LogP contribution is -2.06. The van der Waals surface area contributed by atoms with Crippen molar-refractivity contribution in [3.63, 3.8) is 0 Å². The topological polar surface area (TPSA) is 99.8 Å². The summed E-state index contributed by atoms with van der Waals surface area (Å²) in [7, 11) is 0. The van der Waals surface area contributed by atoms with E-state index in [9.17, 15) is 0 Å². The van der Waals surface area contributed by atoms with E-state index in [4.69, 9.17) is 10.7 Å². The molecule has 0 radical (unpaired) electrons. The highest BCUT2D eigenvalue weighted by Crippen LogP contribution is 2.24. The lowest BCUT2D eigenvalue weighted by Gasteiger charge is -2.12. The largest absolute Gasteiger partial charge is 0.366 e. The molecule has 0 saturated carbocycles. The van der Waals surface area contributed by atoms with Gasteiger partial charge in [0.25, 0.3) is 0 Å². The molecule has 1 atom stereocenters. The molecule has 2 N–H and O–H groups in total. The molecule has 4 heterocycles. The van der Waals surface area contributed by atoms with Gasteiger partial charge in [-0.2, -0.15) is 10.1 Å². The molecule has 0 aliphatic carbocycles. The predicted molar refractivity (Wildman–Crippen MR) is 115 cm³/mol. The number of benzene rings is 1. The second kappa shape index (κ2) is 7.07. The zero-order valence-corrected chi connectivity index (χ0v) is 16.6. The van der Waals surface area contributed by atoms with Crippen LogP contribution in [0.2, 0.25) is 0 Å². The van der Waals surface area contributed by atoms with Crippen LogP contribution in [0.25, 0.3) is 28.2 Å². The minimum Gasteiger partial charge on any atom is -0.366 e. The third kappa shape index (κ3) is 3.28. The molecule has 0 aliphatic rings. The van der Waals surface area contributed by atoms with E-state index >= 15 is 0 Å². The summed E-state index contributed by atoms with van der Waals surface area (Å²) in [4.78, 5) is 13.4. The molecule has 8 heteroatoms. The average molecular weight is 396 g/mol. The van der Waals surface area contributed by atoms with E-state index < -0.39 is 0 Å². The Morgan fingerprint density at radius 2 is 1.70 bits per heavy atom. The molecule has 4 aromatic heterocycles. The number of aromatic nitrogens is 7. The van der Waals surface area contributed by atoms with E-state index in [2.05, 4.69) is 58.3 Å². The van der Waals surface area contributed by atoms with Crippen molar-refractivity contribution in [1.29, 1.82) is 0 Å². The van der Waals surface area contributed by atoms with E-state index in [1.807, 2.05) is 35.4 Å². The van der Waals surface area contributed by atoms with Crippen LogP contribution in [-0.2, 0) is 0 Å². The zero-order chi connectivity index (χ0) is 20.7. The van der Waals surface area contributed by atoms with Crippen LogP contribution in [0.1, 0.15) is 24.1 Å². The Bertz CT molecular complexity index is 1330. The highest BCUT2D eigenvalue weighted by molar-refractivity contribution is 5.66. The zero-order valence-electron chi connectivity index (χ0n) is 16.6. The number of nitrogens with two attached hydrogens (primary N) is 1. The standard InChI is InChI=1S/C22H20N8/c1-14-3-5-16(6-4-14)15(2)30-13-18(10-25-30)20-12-24-11-19(26-20)17-7-8-29-21(9-17)27-22(23)28-29/h3-13,15H,1-2H3,(H2,23,28). The summed E-state index contributed by atoms with van der Waals surface area (Å²) in [6.45, 7) is 4.21. The monoisotopic (exact) mass is 396 g/mol. The van der Waals surface area contributed by atoms with Gasteiger partial charge >= 0.3 is 0 Å². The fraction of sp³-hybridized carbons (Fsp3) is 0.136. The summed E-state index contributed by atoms with van der Waals surface area (Å²) >= 11 is 0. The van der Waals surface area contributed by atoms with Gasteiger partial charge in [0, 0.05) is 23.5 Å². The van der Waals surface area contributed by atoms with Crippen molar-refractivity contribution in [2.75, 3.05) is 5.73 Å². The minimum atomic E-state index is 0.122. The van der Waals surface area contributed by atoms with Gasteiger partial charge in [0.05, 0.1) is 36.0 Å². The van der Waals surface area contributed by atoms with Gasteiger partial charge < -0.3 is 5.73 Å². The van der Waals surface area contributed by atoms with Crippen molar-refractivity contribution in [2.45, 2.75) is 19.9 Å². The summed E-state index contributed by atoms with van der Waals surface area (Å²) in [6.07, 6.45) is 9.11. The molecule has 5 aromatic rings. The molecular formula is C22H20N8. The van der Waals surface area contributed by atoms with E-state index in [1.54, 1.807) is 16.9 Å². The molecule has 5 rings (SSSR count). The number of nitrogen functional groups attached to an aromatic ring is 1. The maximum atomic E-state index is 5.68. The molecule has 0 bridgehead atoms. The highest BCUT2D eigenvalue weighted by atomic mass is 15.3. The Balaban J connectivity index is 1.46. The van der Waals surface area contributed by atoms with Crippen molar-refractivity contribution >= 4 is 11.6 Å². The van der Waals surface area contributed by atoms with E-state index in [0.717, 1.165) is 22.5 Å². The lowest BCUT2D eigenvalue weighted by molar-refractivity contribution is 0.564. The van der Waals surface area contributed by atoms with Gasteiger partial charge in [0.2, 0.25) is 5.95 Å². The van der Waals surface area contributed by atoms with Crippen LogP contribution in [-0.4, -0.2) is 34.3 Å². The first-order chi connectivity index (χ1) is 14.6. The number of pyridine rings is 1. The maximum Gasteiger partial charge on any atom is 0.240 e. The molecule has 1 aromatic carbocycles. The third-order valence-corrected chi connectivity index (χ3v) is 5.14. The lowest BCUT2D eigenvalue weighted by atomic mass is 10.1. The molecule has 148 valence electrons. The number of anilines is 1. The van der Waals surface area contributed by atoms with Crippen molar-refractivity contribution < 1.29 is 0 Å². The number of hydrogen-bond donors (Lipinski definition) is 1. The van der Waals surface area contributed by atoms with Crippen molar-refractivity contribution in [2.24, 2.45) is 0 Å². The maximum absolute atomic E-state index is 5.68. The fourth-order valence-corrected chi connectivity index (χ4v) is 3.38. The highest BCUT2D eigenvalue weighted by Gasteiger charge is 2.12. The third-order valence-electron chi connectivity index (χ3n) is 5.14. The van der Waals surface area contributed by atoms with Crippen molar-refractivity contribution in [3.8, 4) is 22.5 Å². The Morgan fingerprint density at radius 1 is 0.933 bits per heavy atom. The van der Waals surface area contributed by atoms with Gasteiger partial charge in [-0.3, -0.25) is 9.67 Å².